The third kappa shape index (κ3) is 4.25. The second-order valence-corrected chi connectivity index (χ2v) is 13.2. The molecule has 0 unspecified atom stereocenters. The van der Waals surface area contributed by atoms with Crippen molar-refractivity contribution < 1.29 is 8.83 Å². The number of para-hydroxylation sites is 1. The number of hydrogen-bond donors (Lipinski definition) is 0. The second-order valence-electron chi connectivity index (χ2n) is 12.9. The number of hydrogen-bond acceptors (Lipinski definition) is 5. The average Bonchev–Trinajstić information content (AvgIpc) is 3.76. The normalized spacial score (nSPS) is 12.0. The molecule has 238 valence electrons. The average molecular weight is 674 g/mol. The molecule has 0 atom stereocenters. The lowest BCUT2D eigenvalue weighted by Gasteiger charge is -2.12. The molecule has 11 aromatic rings. The number of aromatic nitrogens is 3. The highest BCUT2D eigenvalue weighted by Gasteiger charge is 2.19. The van der Waals surface area contributed by atoms with Gasteiger partial charge in [-0.25, -0.2) is 4.98 Å². The largest absolute Gasteiger partial charge is 0.456 e. The molecule has 0 saturated heterocycles. The lowest BCUT2D eigenvalue weighted by atomic mass is 9.93. The Hall–Kier alpha value is -6.56. The van der Waals surface area contributed by atoms with Gasteiger partial charge >= 0.3 is 0 Å². The van der Waals surface area contributed by atoms with Gasteiger partial charge in [-0.3, -0.25) is 0 Å². The first kappa shape index (κ1) is 28.3. The van der Waals surface area contributed by atoms with Crippen molar-refractivity contribution in [3.05, 3.63) is 151 Å². The molecule has 3 aromatic heterocycles. The first-order valence-corrected chi connectivity index (χ1v) is 17.2. The van der Waals surface area contributed by atoms with Crippen molar-refractivity contribution in [2.75, 3.05) is 0 Å². The zero-order valence-electron chi connectivity index (χ0n) is 26.9. The van der Waals surface area contributed by atoms with Gasteiger partial charge in [-0.15, -0.1) is 0 Å². The molecule has 11 rings (SSSR count). The van der Waals surface area contributed by atoms with E-state index in [0.29, 0.717) is 11.6 Å². The summed E-state index contributed by atoms with van der Waals surface area (Å²) >= 11 is 6.69. The zero-order chi connectivity index (χ0) is 33.6. The summed E-state index contributed by atoms with van der Waals surface area (Å²) in [7, 11) is 0. The molecule has 0 aliphatic rings. The van der Waals surface area contributed by atoms with Crippen LogP contribution in [0.5, 0.6) is 0 Å². The molecule has 0 radical (unpaired) electrons. The van der Waals surface area contributed by atoms with Crippen LogP contribution in [0.4, 0.5) is 0 Å². The molecule has 3 heterocycles. The minimum absolute atomic E-state index is 0.127. The SMILES string of the molecule is Clc1nc(-c2ccc3c4ccccc4c4ccccc4c3c2)nc(-c2cccc3oc4ccc(-c5cccc6oc7ccccc7c56)cc4c23)n1. The van der Waals surface area contributed by atoms with Gasteiger partial charge in [0.1, 0.15) is 22.3 Å². The zero-order valence-corrected chi connectivity index (χ0v) is 27.6. The van der Waals surface area contributed by atoms with E-state index in [-0.39, 0.29) is 5.28 Å². The molecule has 0 amide bonds. The van der Waals surface area contributed by atoms with Crippen molar-refractivity contribution in [3.8, 4) is 33.9 Å². The van der Waals surface area contributed by atoms with E-state index in [1.165, 1.54) is 26.9 Å². The van der Waals surface area contributed by atoms with Crippen LogP contribution in [-0.4, -0.2) is 15.0 Å². The summed E-state index contributed by atoms with van der Waals surface area (Å²) in [5.74, 6) is 0.989. The maximum absolute atomic E-state index is 6.69. The van der Waals surface area contributed by atoms with Gasteiger partial charge in [0.05, 0.1) is 0 Å². The first-order valence-electron chi connectivity index (χ1n) is 16.8. The third-order valence-corrected chi connectivity index (χ3v) is 10.2. The maximum atomic E-state index is 6.69. The van der Waals surface area contributed by atoms with Crippen LogP contribution in [-0.2, 0) is 0 Å². The van der Waals surface area contributed by atoms with Crippen molar-refractivity contribution in [3.63, 3.8) is 0 Å². The lowest BCUT2D eigenvalue weighted by molar-refractivity contribution is 0.669. The fraction of sp³-hybridized carbons (Fsp3) is 0. The molecule has 6 heteroatoms. The Morgan fingerprint density at radius 2 is 0.863 bits per heavy atom. The van der Waals surface area contributed by atoms with Gasteiger partial charge < -0.3 is 8.83 Å². The minimum Gasteiger partial charge on any atom is -0.456 e. The van der Waals surface area contributed by atoms with Crippen LogP contribution in [0.3, 0.4) is 0 Å². The quantitative estimate of drug-likeness (QED) is 0.175. The van der Waals surface area contributed by atoms with Gasteiger partial charge in [0.2, 0.25) is 5.28 Å². The van der Waals surface area contributed by atoms with E-state index in [1.54, 1.807) is 0 Å². The summed E-state index contributed by atoms with van der Waals surface area (Å²) in [5.41, 5.74) is 7.07. The molecule has 0 bridgehead atoms. The monoisotopic (exact) mass is 673 g/mol. The van der Waals surface area contributed by atoms with Crippen molar-refractivity contribution >= 4 is 87.8 Å². The Kier molecular flexibility index (Phi) is 5.95. The highest BCUT2D eigenvalue weighted by atomic mass is 35.5. The summed E-state index contributed by atoms with van der Waals surface area (Å²) in [6, 6.07) is 50.1. The number of rotatable bonds is 3. The van der Waals surface area contributed by atoms with Crippen molar-refractivity contribution in [2.24, 2.45) is 0 Å². The number of fused-ring (bicyclic) bond motifs is 12. The van der Waals surface area contributed by atoms with Crippen LogP contribution in [0.2, 0.25) is 5.28 Å². The fourth-order valence-corrected chi connectivity index (χ4v) is 8.00. The number of nitrogens with zero attached hydrogens (tertiary/aromatic N) is 3. The Morgan fingerprint density at radius 3 is 1.59 bits per heavy atom. The molecule has 0 N–H and O–H groups in total. The van der Waals surface area contributed by atoms with E-state index in [2.05, 4.69) is 101 Å². The highest BCUT2D eigenvalue weighted by molar-refractivity contribution is 6.28. The second kappa shape index (κ2) is 10.7. The Morgan fingerprint density at radius 1 is 0.353 bits per heavy atom. The summed E-state index contributed by atoms with van der Waals surface area (Å²) in [5, 5.41) is 11.3. The topological polar surface area (TPSA) is 65.0 Å². The molecular formula is C45H24ClN3O2. The van der Waals surface area contributed by atoms with E-state index in [4.69, 9.17) is 25.4 Å². The number of benzene rings is 8. The summed E-state index contributed by atoms with van der Waals surface area (Å²) < 4.78 is 12.6. The van der Waals surface area contributed by atoms with Crippen molar-refractivity contribution in [2.45, 2.75) is 0 Å². The maximum Gasteiger partial charge on any atom is 0.226 e. The standard InChI is InChI=1S/C45H24ClN3O2/c46-45-48-43(26-19-21-32-30-11-2-1-9-28(30)29-10-3-4-12-31(29)35(32)24-26)47-44(49-45)34-15-8-18-40-42(34)36-23-25(20-22-38(36)51-40)27-14-7-17-39-41(27)33-13-5-6-16-37(33)50-39/h1-24H. The summed E-state index contributed by atoms with van der Waals surface area (Å²) in [6.45, 7) is 0. The molecule has 5 nitrogen and oxygen atoms in total. The summed E-state index contributed by atoms with van der Waals surface area (Å²) in [4.78, 5) is 14.3. The third-order valence-electron chi connectivity index (χ3n) is 10.1. The molecule has 51 heavy (non-hydrogen) atoms. The lowest BCUT2D eigenvalue weighted by Crippen LogP contribution is -1.98. The van der Waals surface area contributed by atoms with Gasteiger partial charge in [-0.2, -0.15) is 9.97 Å². The Balaban J connectivity index is 1.10. The van der Waals surface area contributed by atoms with Crippen molar-refractivity contribution in [1.82, 2.24) is 15.0 Å². The number of halogens is 1. The van der Waals surface area contributed by atoms with Gasteiger partial charge in [0.15, 0.2) is 11.6 Å². The molecule has 0 spiro atoms. The van der Waals surface area contributed by atoms with Crippen LogP contribution in [0.1, 0.15) is 0 Å². The Labute approximate surface area is 295 Å². The highest BCUT2D eigenvalue weighted by Crippen LogP contribution is 2.42. The van der Waals surface area contributed by atoms with E-state index in [0.717, 1.165) is 71.5 Å². The molecule has 0 fully saturated rings. The minimum atomic E-state index is 0.127. The summed E-state index contributed by atoms with van der Waals surface area (Å²) in [6.07, 6.45) is 0. The van der Waals surface area contributed by atoms with Crippen molar-refractivity contribution in [1.29, 1.82) is 0 Å². The van der Waals surface area contributed by atoms with Gasteiger partial charge in [0, 0.05) is 32.7 Å². The number of furan rings is 2. The van der Waals surface area contributed by atoms with E-state index in [9.17, 15) is 0 Å². The Bertz CT molecular complexity index is 3200. The van der Waals surface area contributed by atoms with Crippen LogP contribution >= 0.6 is 11.6 Å². The van der Waals surface area contributed by atoms with Crippen LogP contribution in [0, 0.1) is 0 Å². The van der Waals surface area contributed by atoms with E-state index >= 15 is 0 Å². The predicted octanol–water partition coefficient (Wildman–Crippen LogP) is 12.8. The molecule has 0 aliphatic carbocycles. The molecule has 0 saturated carbocycles. The van der Waals surface area contributed by atoms with Crippen LogP contribution < -0.4 is 0 Å². The predicted molar refractivity (Wildman–Crippen MR) is 208 cm³/mol. The first-order chi connectivity index (χ1) is 25.2. The molecule has 0 aliphatic heterocycles. The van der Waals surface area contributed by atoms with E-state index < -0.39 is 0 Å². The van der Waals surface area contributed by atoms with Crippen LogP contribution in [0.15, 0.2) is 154 Å². The van der Waals surface area contributed by atoms with Gasteiger partial charge in [-0.1, -0.05) is 109 Å². The molecule has 8 aromatic carbocycles. The van der Waals surface area contributed by atoms with E-state index in [1.807, 2.05) is 54.6 Å². The molecular weight excluding hydrogens is 650 g/mol. The smallest absolute Gasteiger partial charge is 0.226 e. The van der Waals surface area contributed by atoms with Gasteiger partial charge in [0.25, 0.3) is 0 Å². The fourth-order valence-electron chi connectivity index (χ4n) is 7.84. The van der Waals surface area contributed by atoms with Crippen LogP contribution in [0.25, 0.3) is 110 Å². The van der Waals surface area contributed by atoms with Gasteiger partial charge in [-0.05, 0) is 91.4 Å².